The first-order valence-electron chi connectivity index (χ1n) is 8.01. The van der Waals surface area contributed by atoms with Crippen LogP contribution in [-0.4, -0.2) is 29.8 Å². The lowest BCUT2D eigenvalue weighted by atomic mass is 10.2. The molecule has 0 aliphatic rings. The van der Waals surface area contributed by atoms with E-state index < -0.39 is 17.2 Å². The second kappa shape index (κ2) is 6.99. The molecule has 0 aliphatic heterocycles. The molecule has 0 saturated carbocycles. The molecule has 1 aromatic carbocycles. The normalized spacial score (nSPS) is 11.1. The van der Waals surface area contributed by atoms with Gasteiger partial charge in [0.15, 0.2) is 11.2 Å². The highest BCUT2D eigenvalue weighted by Gasteiger charge is 2.21. The molecule has 140 valence electrons. The number of fused-ring (bicyclic) bond motifs is 1. The van der Waals surface area contributed by atoms with Crippen molar-refractivity contribution in [2.45, 2.75) is 13.0 Å². The molecule has 2 heterocycles. The lowest BCUT2D eigenvalue weighted by Crippen LogP contribution is -2.37. The molecule has 3 rings (SSSR count). The van der Waals surface area contributed by atoms with Crippen molar-refractivity contribution >= 4 is 38.6 Å². The van der Waals surface area contributed by atoms with Gasteiger partial charge in [0.05, 0.1) is 6.42 Å². The highest BCUT2D eigenvalue weighted by molar-refractivity contribution is 9.10. The quantitative estimate of drug-likeness (QED) is 0.661. The second-order valence-electron chi connectivity index (χ2n) is 6.20. The summed E-state index contributed by atoms with van der Waals surface area (Å²) in [7, 11) is 2.91. The number of hydrogen-bond donors (Lipinski definition) is 1. The standard InChI is InChI=1S/C18H17BrN4O4/c1-10(7-13(24)25)15-20-16-14(17(26)22(3)18(27)21(16)2)23(15)9-11-5-4-6-12(19)8-11/h4-6,8H,1,7,9H2,2-3H3,(H,24,25). The number of carboxylic acids is 1. The summed E-state index contributed by atoms with van der Waals surface area (Å²) >= 11 is 3.41. The van der Waals surface area contributed by atoms with E-state index in [4.69, 9.17) is 5.11 Å². The minimum atomic E-state index is -1.05. The van der Waals surface area contributed by atoms with Crippen LogP contribution in [0.3, 0.4) is 0 Å². The van der Waals surface area contributed by atoms with Crippen molar-refractivity contribution in [1.82, 2.24) is 18.7 Å². The first kappa shape index (κ1) is 18.8. The summed E-state index contributed by atoms with van der Waals surface area (Å²) in [6.45, 7) is 4.09. The average molecular weight is 433 g/mol. The fourth-order valence-corrected chi connectivity index (χ4v) is 3.40. The molecule has 3 aromatic rings. The number of imidazole rings is 1. The summed E-state index contributed by atoms with van der Waals surface area (Å²) in [6, 6.07) is 7.51. The van der Waals surface area contributed by atoms with Crippen molar-refractivity contribution in [3.63, 3.8) is 0 Å². The van der Waals surface area contributed by atoms with Crippen LogP contribution in [0, 0.1) is 0 Å². The van der Waals surface area contributed by atoms with Crippen molar-refractivity contribution in [2.75, 3.05) is 0 Å². The van der Waals surface area contributed by atoms with E-state index in [-0.39, 0.29) is 35.5 Å². The Morgan fingerprint density at radius 1 is 1.26 bits per heavy atom. The predicted molar refractivity (Wildman–Crippen MR) is 105 cm³/mol. The monoisotopic (exact) mass is 432 g/mol. The number of carboxylic acid groups (broad SMARTS) is 1. The van der Waals surface area contributed by atoms with Crippen molar-refractivity contribution < 1.29 is 9.90 Å². The van der Waals surface area contributed by atoms with Gasteiger partial charge in [0.2, 0.25) is 0 Å². The first-order chi connectivity index (χ1) is 12.7. The minimum Gasteiger partial charge on any atom is -0.481 e. The molecule has 0 bridgehead atoms. The molecule has 1 N–H and O–H groups in total. The molecule has 8 nitrogen and oxygen atoms in total. The molecule has 2 aromatic heterocycles. The third-order valence-electron chi connectivity index (χ3n) is 4.26. The van der Waals surface area contributed by atoms with Crippen molar-refractivity contribution in [2.24, 2.45) is 14.1 Å². The molecule has 27 heavy (non-hydrogen) atoms. The Labute approximate surface area is 162 Å². The number of rotatable bonds is 5. The van der Waals surface area contributed by atoms with E-state index in [9.17, 15) is 14.4 Å². The van der Waals surface area contributed by atoms with Gasteiger partial charge < -0.3 is 9.67 Å². The van der Waals surface area contributed by atoms with Crippen LogP contribution >= 0.6 is 15.9 Å². The topological polar surface area (TPSA) is 99.1 Å². The largest absolute Gasteiger partial charge is 0.481 e. The van der Waals surface area contributed by atoms with Crippen LogP contribution in [0.4, 0.5) is 0 Å². The van der Waals surface area contributed by atoms with E-state index in [2.05, 4.69) is 27.5 Å². The fraction of sp³-hybridized carbons (Fsp3) is 0.222. The molecule has 0 amide bonds. The maximum Gasteiger partial charge on any atom is 0.332 e. The van der Waals surface area contributed by atoms with Crippen LogP contribution in [0.15, 0.2) is 44.9 Å². The Hall–Kier alpha value is -2.94. The molecule has 0 unspecified atom stereocenters. The molecule has 0 fully saturated rings. The molecule has 0 aliphatic carbocycles. The summed E-state index contributed by atoms with van der Waals surface area (Å²) in [4.78, 5) is 40.5. The summed E-state index contributed by atoms with van der Waals surface area (Å²) in [6.07, 6.45) is -0.323. The van der Waals surface area contributed by atoms with Crippen LogP contribution in [0.1, 0.15) is 17.8 Å². The summed E-state index contributed by atoms with van der Waals surface area (Å²) in [5.41, 5.74) is 0.549. The Morgan fingerprint density at radius 2 is 1.96 bits per heavy atom. The molecule has 0 spiro atoms. The highest BCUT2D eigenvalue weighted by atomic mass is 79.9. The lowest BCUT2D eigenvalue weighted by molar-refractivity contribution is -0.135. The van der Waals surface area contributed by atoms with Gasteiger partial charge in [0, 0.05) is 25.1 Å². The van der Waals surface area contributed by atoms with Crippen LogP contribution in [0.2, 0.25) is 0 Å². The molecule has 0 atom stereocenters. The number of nitrogens with zero attached hydrogens (tertiary/aromatic N) is 4. The van der Waals surface area contributed by atoms with E-state index >= 15 is 0 Å². The predicted octanol–water partition coefficient (Wildman–Crippen LogP) is 1.73. The van der Waals surface area contributed by atoms with Gasteiger partial charge in [-0.25, -0.2) is 9.78 Å². The summed E-state index contributed by atoms with van der Waals surface area (Å²) < 4.78 is 4.76. The fourth-order valence-electron chi connectivity index (χ4n) is 2.95. The van der Waals surface area contributed by atoms with Crippen LogP contribution in [0.25, 0.3) is 16.7 Å². The SMILES string of the molecule is C=C(CC(=O)O)c1nc2c(c(=O)n(C)c(=O)n2C)n1Cc1cccc(Br)c1. The van der Waals surface area contributed by atoms with Crippen molar-refractivity contribution in [3.05, 3.63) is 67.5 Å². The Morgan fingerprint density at radius 3 is 2.59 bits per heavy atom. The van der Waals surface area contributed by atoms with Gasteiger partial charge in [-0.15, -0.1) is 0 Å². The third kappa shape index (κ3) is 3.37. The number of carbonyl (C=O) groups is 1. The molecule has 0 radical (unpaired) electrons. The summed E-state index contributed by atoms with van der Waals surface area (Å²) in [5, 5.41) is 9.11. The Bertz CT molecular complexity index is 1200. The van der Waals surface area contributed by atoms with Gasteiger partial charge in [-0.2, -0.15) is 0 Å². The number of benzene rings is 1. The zero-order valence-corrected chi connectivity index (χ0v) is 16.4. The van der Waals surface area contributed by atoms with Gasteiger partial charge >= 0.3 is 11.7 Å². The van der Waals surface area contributed by atoms with E-state index in [1.165, 1.54) is 18.7 Å². The average Bonchev–Trinajstić information content (AvgIpc) is 2.97. The van der Waals surface area contributed by atoms with Crippen molar-refractivity contribution in [1.29, 1.82) is 0 Å². The first-order valence-corrected chi connectivity index (χ1v) is 8.80. The minimum absolute atomic E-state index is 0.194. The maximum atomic E-state index is 12.8. The van der Waals surface area contributed by atoms with Gasteiger partial charge in [0.1, 0.15) is 5.82 Å². The van der Waals surface area contributed by atoms with Gasteiger partial charge in [-0.3, -0.25) is 18.7 Å². The number of hydrogen-bond acceptors (Lipinski definition) is 4. The highest BCUT2D eigenvalue weighted by Crippen LogP contribution is 2.22. The Balaban J connectivity index is 2.33. The molecule has 9 heteroatoms. The summed E-state index contributed by atoms with van der Waals surface area (Å²) in [5.74, 6) is -0.784. The Kier molecular flexibility index (Phi) is 4.88. The van der Waals surface area contributed by atoms with Crippen LogP contribution in [0.5, 0.6) is 0 Å². The molecular weight excluding hydrogens is 416 g/mol. The lowest BCUT2D eigenvalue weighted by Gasteiger charge is -2.11. The van der Waals surface area contributed by atoms with E-state index in [0.29, 0.717) is 0 Å². The second-order valence-corrected chi connectivity index (χ2v) is 7.12. The van der Waals surface area contributed by atoms with Gasteiger partial charge in [-0.05, 0) is 23.3 Å². The molecular formula is C18H17BrN4O4. The van der Waals surface area contributed by atoms with Gasteiger partial charge in [-0.1, -0.05) is 34.6 Å². The number of aromatic nitrogens is 4. The van der Waals surface area contributed by atoms with Crippen LogP contribution in [-0.2, 0) is 25.4 Å². The van der Waals surface area contributed by atoms with E-state index in [1.54, 1.807) is 4.57 Å². The van der Waals surface area contributed by atoms with Crippen molar-refractivity contribution in [3.8, 4) is 0 Å². The van der Waals surface area contributed by atoms with Gasteiger partial charge in [0.25, 0.3) is 5.56 Å². The number of halogens is 1. The smallest absolute Gasteiger partial charge is 0.332 e. The van der Waals surface area contributed by atoms with E-state index in [1.807, 2.05) is 24.3 Å². The van der Waals surface area contributed by atoms with E-state index in [0.717, 1.165) is 14.6 Å². The third-order valence-corrected chi connectivity index (χ3v) is 4.75. The zero-order chi connectivity index (χ0) is 19.9. The maximum absolute atomic E-state index is 12.8. The molecule has 0 saturated heterocycles. The number of aryl methyl sites for hydroxylation is 1. The zero-order valence-electron chi connectivity index (χ0n) is 14.8. The number of aliphatic carboxylic acids is 1. The van der Waals surface area contributed by atoms with Crippen LogP contribution < -0.4 is 11.2 Å².